The number of piperidine rings is 1. The summed E-state index contributed by atoms with van der Waals surface area (Å²) in [4.78, 5) is 2.50. The minimum Gasteiger partial charge on any atom is -0.393 e. The summed E-state index contributed by atoms with van der Waals surface area (Å²) < 4.78 is 2.20. The van der Waals surface area contributed by atoms with E-state index < -0.39 is 0 Å². The number of para-hydroxylation sites is 1. The maximum absolute atomic E-state index is 10.4. The number of aromatic nitrogens is 1. The molecule has 3 rings (SSSR count). The van der Waals surface area contributed by atoms with Crippen LogP contribution in [0, 0.1) is 5.92 Å². The van der Waals surface area contributed by atoms with Crippen molar-refractivity contribution in [2.75, 3.05) is 19.6 Å². The second-order valence-electron chi connectivity index (χ2n) is 6.40. The van der Waals surface area contributed by atoms with Gasteiger partial charge in [0.05, 0.1) is 6.10 Å². The summed E-state index contributed by atoms with van der Waals surface area (Å²) in [5.74, 6) is 0.358. The standard InChI is InChI=1S/C18H26N2O/c1-3-9-20-10-8-18(21)15(13-20)11-14-12-19(2)17-7-5-4-6-16(14)17/h4-7,12,15,18,21H,3,8-11,13H2,1-2H3. The van der Waals surface area contributed by atoms with Crippen molar-refractivity contribution in [3.63, 3.8) is 0 Å². The average molecular weight is 286 g/mol. The molecule has 1 N–H and O–H groups in total. The fourth-order valence-electron chi connectivity index (χ4n) is 3.69. The molecule has 1 aromatic carbocycles. The van der Waals surface area contributed by atoms with Gasteiger partial charge in [-0.05, 0) is 37.4 Å². The quantitative estimate of drug-likeness (QED) is 0.936. The van der Waals surface area contributed by atoms with Gasteiger partial charge < -0.3 is 14.6 Å². The fraction of sp³-hybridized carbons (Fsp3) is 0.556. The van der Waals surface area contributed by atoms with Crippen molar-refractivity contribution >= 4 is 10.9 Å². The maximum Gasteiger partial charge on any atom is 0.0596 e. The number of fused-ring (bicyclic) bond motifs is 1. The van der Waals surface area contributed by atoms with Crippen LogP contribution in [0.25, 0.3) is 10.9 Å². The summed E-state index contributed by atoms with van der Waals surface area (Å²) in [6.45, 7) is 5.45. The molecule has 2 aromatic rings. The Morgan fingerprint density at radius 2 is 2.10 bits per heavy atom. The molecule has 1 aromatic heterocycles. The zero-order valence-electron chi connectivity index (χ0n) is 13.1. The Morgan fingerprint density at radius 1 is 1.29 bits per heavy atom. The molecule has 1 aliphatic rings. The van der Waals surface area contributed by atoms with E-state index in [9.17, 15) is 5.11 Å². The van der Waals surface area contributed by atoms with E-state index in [1.54, 1.807) is 0 Å². The molecule has 1 aliphatic heterocycles. The van der Waals surface area contributed by atoms with Crippen LogP contribution in [-0.4, -0.2) is 40.3 Å². The molecular weight excluding hydrogens is 260 g/mol. The highest BCUT2D eigenvalue weighted by atomic mass is 16.3. The molecule has 0 bridgehead atoms. The Bertz CT molecular complexity index is 604. The first-order valence-corrected chi connectivity index (χ1v) is 8.12. The molecule has 1 saturated heterocycles. The molecule has 0 aliphatic carbocycles. The highest BCUT2D eigenvalue weighted by Crippen LogP contribution is 2.27. The molecule has 0 amide bonds. The van der Waals surface area contributed by atoms with Gasteiger partial charge in [0.25, 0.3) is 0 Å². The zero-order valence-corrected chi connectivity index (χ0v) is 13.1. The minimum atomic E-state index is -0.155. The summed E-state index contributed by atoms with van der Waals surface area (Å²) in [6.07, 6.45) is 5.16. The smallest absolute Gasteiger partial charge is 0.0596 e. The molecule has 3 heteroatoms. The summed E-state index contributed by atoms with van der Waals surface area (Å²) in [6, 6.07) is 8.56. The Kier molecular flexibility index (Phi) is 4.32. The maximum atomic E-state index is 10.4. The number of nitrogens with zero attached hydrogens (tertiary/aromatic N) is 2. The van der Waals surface area contributed by atoms with Crippen LogP contribution in [0.5, 0.6) is 0 Å². The molecule has 1 fully saturated rings. The molecule has 0 spiro atoms. The zero-order chi connectivity index (χ0) is 14.8. The van der Waals surface area contributed by atoms with E-state index >= 15 is 0 Å². The Morgan fingerprint density at radius 3 is 2.90 bits per heavy atom. The van der Waals surface area contributed by atoms with Gasteiger partial charge in [-0.25, -0.2) is 0 Å². The highest BCUT2D eigenvalue weighted by molar-refractivity contribution is 5.83. The van der Waals surface area contributed by atoms with Gasteiger partial charge in [-0.2, -0.15) is 0 Å². The van der Waals surface area contributed by atoms with Crippen LogP contribution in [0.4, 0.5) is 0 Å². The summed E-state index contributed by atoms with van der Waals surface area (Å²) >= 11 is 0. The van der Waals surface area contributed by atoms with Crippen molar-refractivity contribution in [3.8, 4) is 0 Å². The van der Waals surface area contributed by atoms with E-state index in [0.717, 1.165) is 32.5 Å². The van der Waals surface area contributed by atoms with Crippen molar-refractivity contribution in [2.24, 2.45) is 13.0 Å². The number of rotatable bonds is 4. The van der Waals surface area contributed by atoms with Crippen LogP contribution < -0.4 is 0 Å². The van der Waals surface area contributed by atoms with Gasteiger partial charge in [0.2, 0.25) is 0 Å². The van der Waals surface area contributed by atoms with Crippen molar-refractivity contribution in [1.29, 1.82) is 0 Å². The van der Waals surface area contributed by atoms with E-state index in [-0.39, 0.29) is 6.10 Å². The Balaban J connectivity index is 1.80. The van der Waals surface area contributed by atoms with E-state index in [2.05, 4.69) is 53.9 Å². The number of aliphatic hydroxyl groups is 1. The summed E-state index contributed by atoms with van der Waals surface area (Å²) in [5.41, 5.74) is 2.65. The third-order valence-electron chi connectivity index (χ3n) is 4.78. The first kappa shape index (κ1) is 14.6. The minimum absolute atomic E-state index is 0.155. The van der Waals surface area contributed by atoms with Crippen LogP contribution in [-0.2, 0) is 13.5 Å². The van der Waals surface area contributed by atoms with Gasteiger partial charge in [0, 0.05) is 43.2 Å². The number of aryl methyl sites for hydroxylation is 1. The predicted molar refractivity (Wildman–Crippen MR) is 87.5 cm³/mol. The molecule has 2 unspecified atom stereocenters. The fourth-order valence-corrected chi connectivity index (χ4v) is 3.69. The lowest BCUT2D eigenvalue weighted by atomic mass is 9.88. The van der Waals surface area contributed by atoms with Gasteiger partial charge in [0.1, 0.15) is 0 Å². The lowest BCUT2D eigenvalue weighted by Gasteiger charge is -2.36. The summed E-state index contributed by atoms with van der Waals surface area (Å²) in [7, 11) is 2.10. The summed E-state index contributed by atoms with van der Waals surface area (Å²) in [5, 5.41) is 11.7. The van der Waals surface area contributed by atoms with E-state index in [4.69, 9.17) is 0 Å². The molecule has 2 atom stereocenters. The van der Waals surface area contributed by atoms with Gasteiger partial charge in [0.15, 0.2) is 0 Å². The number of hydrogen-bond donors (Lipinski definition) is 1. The topological polar surface area (TPSA) is 28.4 Å². The molecule has 0 radical (unpaired) electrons. The number of benzene rings is 1. The van der Waals surface area contributed by atoms with E-state index in [1.807, 2.05) is 0 Å². The van der Waals surface area contributed by atoms with Crippen LogP contribution in [0.3, 0.4) is 0 Å². The van der Waals surface area contributed by atoms with Gasteiger partial charge in [-0.3, -0.25) is 0 Å². The van der Waals surface area contributed by atoms with Crippen LogP contribution in [0.2, 0.25) is 0 Å². The first-order chi connectivity index (χ1) is 10.2. The lowest BCUT2D eigenvalue weighted by molar-refractivity contribution is 0.0272. The molecule has 3 nitrogen and oxygen atoms in total. The van der Waals surface area contributed by atoms with Crippen LogP contribution in [0.15, 0.2) is 30.5 Å². The average Bonchev–Trinajstić information content (AvgIpc) is 2.80. The second kappa shape index (κ2) is 6.20. The largest absolute Gasteiger partial charge is 0.393 e. The van der Waals surface area contributed by atoms with Crippen LogP contribution in [0.1, 0.15) is 25.3 Å². The third-order valence-corrected chi connectivity index (χ3v) is 4.78. The van der Waals surface area contributed by atoms with Gasteiger partial charge >= 0.3 is 0 Å². The monoisotopic (exact) mass is 286 g/mol. The van der Waals surface area contributed by atoms with E-state index in [1.165, 1.54) is 22.9 Å². The predicted octanol–water partition coefficient (Wildman–Crippen LogP) is 2.81. The molecule has 0 saturated carbocycles. The first-order valence-electron chi connectivity index (χ1n) is 8.12. The third kappa shape index (κ3) is 2.99. The molecule has 114 valence electrons. The molecular formula is C18H26N2O. The van der Waals surface area contributed by atoms with Crippen molar-refractivity contribution in [2.45, 2.75) is 32.3 Å². The van der Waals surface area contributed by atoms with Crippen molar-refractivity contribution in [1.82, 2.24) is 9.47 Å². The SMILES string of the molecule is CCCN1CCC(O)C(Cc2cn(C)c3ccccc23)C1. The normalized spacial score (nSPS) is 23.8. The molecule has 2 heterocycles. The molecule has 21 heavy (non-hydrogen) atoms. The highest BCUT2D eigenvalue weighted by Gasteiger charge is 2.28. The number of aliphatic hydroxyl groups excluding tert-OH is 1. The van der Waals surface area contributed by atoms with Crippen molar-refractivity contribution in [3.05, 3.63) is 36.0 Å². The lowest BCUT2D eigenvalue weighted by Crippen LogP contribution is -2.44. The van der Waals surface area contributed by atoms with Crippen molar-refractivity contribution < 1.29 is 5.11 Å². The van der Waals surface area contributed by atoms with Gasteiger partial charge in [-0.15, -0.1) is 0 Å². The van der Waals surface area contributed by atoms with Gasteiger partial charge in [-0.1, -0.05) is 25.1 Å². The van der Waals surface area contributed by atoms with Crippen LogP contribution >= 0.6 is 0 Å². The van der Waals surface area contributed by atoms with E-state index in [0.29, 0.717) is 5.92 Å². The number of hydrogen-bond acceptors (Lipinski definition) is 2. The second-order valence-corrected chi connectivity index (χ2v) is 6.40. The Hall–Kier alpha value is -1.32. The number of likely N-dealkylation sites (tertiary alicyclic amines) is 1. The Labute approximate surface area is 127 Å².